The van der Waals surface area contributed by atoms with Gasteiger partial charge < -0.3 is 0 Å². The van der Waals surface area contributed by atoms with Gasteiger partial charge in [-0.05, 0) is 240 Å². The van der Waals surface area contributed by atoms with E-state index < -0.39 is 0 Å². The number of benzene rings is 13. The maximum atomic E-state index is 2.70. The normalized spacial score (nSPS) is 12.6. The molecule has 432 valence electrons. The second-order valence-electron chi connectivity index (χ2n) is 26.3. The molecule has 0 nitrogen and oxygen atoms in total. The lowest BCUT2D eigenvalue weighted by molar-refractivity contribution is 0.634. The van der Waals surface area contributed by atoms with Crippen LogP contribution in [0.4, 0.5) is 0 Å². The Kier molecular flexibility index (Phi) is 17.2. The second-order valence-corrected chi connectivity index (χ2v) is 26.3. The smallest absolute Gasteiger partial charge is 0.0000264 e. The fraction of sp³-hybridized carbons (Fsp3) is 0.429. The molecule has 0 saturated carbocycles. The monoisotopic (exact) mass is 1100 g/mol. The van der Waals surface area contributed by atoms with Gasteiger partial charge in [-0.1, -0.05) is 266 Å². The highest BCUT2D eigenvalue weighted by Gasteiger charge is 2.34. The highest BCUT2D eigenvalue weighted by atomic mass is 14.4. The van der Waals surface area contributed by atoms with Gasteiger partial charge in [0.1, 0.15) is 0 Å². The molecule has 0 heteroatoms. The van der Waals surface area contributed by atoms with E-state index in [9.17, 15) is 0 Å². The third-order valence-electron chi connectivity index (χ3n) is 20.9. The predicted octanol–water partition coefficient (Wildman–Crippen LogP) is 26.6. The van der Waals surface area contributed by atoms with Gasteiger partial charge in [0, 0.05) is 0 Å². The van der Waals surface area contributed by atoms with E-state index in [2.05, 4.69) is 151 Å². The number of aryl methyl sites for hydroxylation is 4. The van der Waals surface area contributed by atoms with Crippen LogP contribution in [0.1, 0.15) is 229 Å². The summed E-state index contributed by atoms with van der Waals surface area (Å²) in [5.41, 5.74) is 10.4. The van der Waals surface area contributed by atoms with Crippen molar-refractivity contribution in [3.05, 3.63) is 143 Å². The summed E-state index contributed by atoms with van der Waals surface area (Å²) >= 11 is 0. The van der Waals surface area contributed by atoms with Crippen molar-refractivity contribution >= 4 is 129 Å². The minimum absolute atomic E-state index is 1.14. The van der Waals surface area contributed by atoms with E-state index in [-0.39, 0.29) is 0 Å². The molecule has 0 atom stereocenters. The fourth-order valence-corrected chi connectivity index (χ4v) is 17.1. The fourth-order valence-electron chi connectivity index (χ4n) is 17.1. The Balaban J connectivity index is 1.39. The Morgan fingerprint density at radius 2 is 0.417 bits per heavy atom. The van der Waals surface area contributed by atoms with E-state index in [1.54, 1.807) is 71.1 Å². The molecule has 0 aromatic heterocycles. The highest BCUT2D eigenvalue weighted by Crippen LogP contribution is 2.61. The van der Waals surface area contributed by atoms with E-state index in [1.165, 1.54) is 259 Å². The molecule has 0 aliphatic heterocycles. The van der Waals surface area contributed by atoms with Crippen molar-refractivity contribution in [2.24, 2.45) is 0 Å². The Labute approximate surface area is 503 Å². The van der Waals surface area contributed by atoms with Gasteiger partial charge in [-0.25, -0.2) is 0 Å². The third kappa shape index (κ3) is 9.53. The van der Waals surface area contributed by atoms with Crippen LogP contribution >= 0.6 is 0 Å². The van der Waals surface area contributed by atoms with Crippen LogP contribution in [-0.2, 0) is 38.5 Å². The van der Waals surface area contributed by atoms with Crippen LogP contribution in [0.25, 0.3) is 129 Å². The van der Waals surface area contributed by atoms with E-state index in [4.69, 9.17) is 0 Å². The molecule has 13 rings (SSSR count). The quantitative estimate of drug-likeness (QED) is 0.0239. The van der Waals surface area contributed by atoms with Crippen molar-refractivity contribution in [2.75, 3.05) is 0 Å². The number of fused-ring (bicyclic) bond motifs is 18. The largest absolute Gasteiger partial charge is 0.0654 e. The predicted molar refractivity (Wildman–Crippen MR) is 377 cm³/mol. The molecule has 84 heavy (non-hydrogen) atoms. The summed E-state index contributed by atoms with van der Waals surface area (Å²) in [4.78, 5) is 0. The van der Waals surface area contributed by atoms with Gasteiger partial charge in [-0.15, -0.1) is 0 Å². The molecular weight excluding hydrogens is 1010 g/mol. The van der Waals surface area contributed by atoms with Crippen LogP contribution in [0, 0.1) is 0 Å². The first-order valence-corrected chi connectivity index (χ1v) is 34.8. The van der Waals surface area contributed by atoms with Crippen LogP contribution in [0.5, 0.6) is 0 Å². The van der Waals surface area contributed by atoms with Crippen LogP contribution in [0.2, 0.25) is 0 Å². The lowest BCUT2D eigenvalue weighted by atomic mass is 9.71. The first-order valence-electron chi connectivity index (χ1n) is 34.8. The van der Waals surface area contributed by atoms with E-state index in [0.717, 1.165) is 25.7 Å². The summed E-state index contributed by atoms with van der Waals surface area (Å²) in [6.45, 7) is 14.4. The molecule has 0 aliphatic carbocycles. The Morgan fingerprint density at radius 3 is 0.762 bits per heavy atom. The summed E-state index contributed by atoms with van der Waals surface area (Å²) in [6.07, 6.45) is 37.9. The van der Waals surface area contributed by atoms with Gasteiger partial charge >= 0.3 is 0 Å². The molecule has 0 heterocycles. The highest BCUT2D eigenvalue weighted by molar-refractivity contribution is 6.61. The average Bonchev–Trinajstić information content (AvgIpc) is 0.664. The summed E-state index contributed by atoms with van der Waals surface area (Å²) in [6, 6.07) is 44.3. The SMILES string of the molecule is CCCCCCc1ccc2c(c1CCCCCC)c1c3c(CCCCCC)c(CCCCCC)c(CCCCCC)c(CCCCCC)c3c3c4ccccc4c4c5ccccc5c5c6ccccc6c6c7ccccc7c2c2c6c5c4c3c12. The van der Waals surface area contributed by atoms with Gasteiger partial charge in [-0.2, -0.15) is 0 Å². The first-order chi connectivity index (χ1) is 41.6. The molecule has 0 saturated heterocycles. The Bertz CT molecular complexity index is 4430. The molecule has 0 fully saturated rings. The molecule has 0 radical (unpaired) electrons. The molecule has 0 amide bonds. The van der Waals surface area contributed by atoms with E-state index >= 15 is 0 Å². The molecule has 0 spiro atoms. The third-order valence-corrected chi connectivity index (χ3v) is 20.9. The van der Waals surface area contributed by atoms with Crippen molar-refractivity contribution < 1.29 is 0 Å². The molecule has 13 aromatic carbocycles. The summed E-state index contributed by atoms with van der Waals surface area (Å²) in [5, 5.41) is 36.1. The van der Waals surface area contributed by atoms with E-state index in [0.29, 0.717) is 0 Å². The number of hydrogen-bond acceptors (Lipinski definition) is 0. The van der Waals surface area contributed by atoms with Gasteiger partial charge in [0.05, 0.1) is 0 Å². The molecule has 13 aromatic rings. The molecular formula is C84H96. The van der Waals surface area contributed by atoms with Crippen LogP contribution in [-0.4, -0.2) is 0 Å². The standard InChI is InChI=1S/C84H96/c1-7-13-19-25-39-55-53-54-69-70(56(55)40-26-20-14-8-2)78-76-60(44-30-24-18-12-6)58(42-28-22-16-10-4)57(41-27-21-15-9-3)59(43-29-23-17-11-5)75(76)77-68-52-38-37-51-67(68)73-64-48-34-33-47-63(64)71-61-45-31-32-46-62(61)72-65-49-35-36-50-66(65)74(69)82-80(72)79(71)81(73)83(77)84(78)82/h31-38,45-54H,7-30,39-44H2,1-6H3. The second kappa shape index (κ2) is 25.4. The van der Waals surface area contributed by atoms with Crippen molar-refractivity contribution in [3.8, 4) is 0 Å². The average molecular weight is 1110 g/mol. The van der Waals surface area contributed by atoms with E-state index in [1.807, 2.05) is 0 Å². The minimum atomic E-state index is 1.14. The summed E-state index contributed by atoms with van der Waals surface area (Å²) < 4.78 is 0. The topological polar surface area (TPSA) is 0 Å². The van der Waals surface area contributed by atoms with Crippen molar-refractivity contribution in [1.82, 2.24) is 0 Å². The van der Waals surface area contributed by atoms with Crippen molar-refractivity contribution in [3.63, 3.8) is 0 Å². The van der Waals surface area contributed by atoms with Gasteiger partial charge in [0.2, 0.25) is 0 Å². The van der Waals surface area contributed by atoms with Crippen LogP contribution in [0.15, 0.2) is 109 Å². The van der Waals surface area contributed by atoms with Crippen molar-refractivity contribution in [2.45, 2.75) is 234 Å². The zero-order chi connectivity index (χ0) is 57.3. The van der Waals surface area contributed by atoms with Gasteiger partial charge in [0.25, 0.3) is 0 Å². The zero-order valence-electron chi connectivity index (χ0n) is 52.6. The Morgan fingerprint density at radius 1 is 0.167 bits per heavy atom. The first kappa shape index (κ1) is 56.9. The van der Waals surface area contributed by atoms with Gasteiger partial charge in [-0.3, -0.25) is 0 Å². The lowest BCUT2D eigenvalue weighted by Crippen LogP contribution is -2.10. The molecule has 0 unspecified atom stereocenters. The van der Waals surface area contributed by atoms with Crippen LogP contribution < -0.4 is 0 Å². The maximum absolute atomic E-state index is 2.70. The number of hydrogen-bond donors (Lipinski definition) is 0. The zero-order valence-corrected chi connectivity index (χ0v) is 52.6. The van der Waals surface area contributed by atoms with Gasteiger partial charge in [0.15, 0.2) is 0 Å². The summed E-state index contributed by atoms with van der Waals surface area (Å²) in [5.74, 6) is 0. The molecule has 0 aliphatic rings. The maximum Gasteiger partial charge on any atom is -0.0000264 e. The molecule has 0 bridgehead atoms. The lowest BCUT2D eigenvalue weighted by Gasteiger charge is -2.31. The Hall–Kier alpha value is -6.24. The molecule has 0 N–H and O–H groups in total. The number of unbranched alkanes of at least 4 members (excludes halogenated alkanes) is 18. The number of rotatable bonds is 30. The summed E-state index contributed by atoms with van der Waals surface area (Å²) in [7, 11) is 0. The minimum Gasteiger partial charge on any atom is -0.0654 e. The van der Waals surface area contributed by atoms with Crippen molar-refractivity contribution in [1.29, 1.82) is 0 Å². The van der Waals surface area contributed by atoms with Crippen LogP contribution in [0.3, 0.4) is 0 Å².